The summed E-state index contributed by atoms with van der Waals surface area (Å²) in [5, 5.41) is 4.16. The second-order valence-electron chi connectivity index (χ2n) is 4.96. The topological polar surface area (TPSA) is 55.2 Å². The Kier molecular flexibility index (Phi) is 4.80. The minimum atomic E-state index is -3.46. The van der Waals surface area contributed by atoms with Gasteiger partial charge in [0.05, 0.1) is 11.1 Å². The van der Waals surface area contributed by atoms with E-state index < -0.39 is 10.0 Å². The highest BCUT2D eigenvalue weighted by atomic mass is 32.2. The molecule has 21 heavy (non-hydrogen) atoms. The van der Waals surface area contributed by atoms with E-state index in [2.05, 4.69) is 5.10 Å². The first-order valence-electron chi connectivity index (χ1n) is 7.04. The van der Waals surface area contributed by atoms with Crippen LogP contribution in [-0.4, -0.2) is 29.6 Å². The quantitative estimate of drug-likeness (QED) is 0.823. The van der Waals surface area contributed by atoms with Gasteiger partial charge in [-0.05, 0) is 31.0 Å². The largest absolute Gasteiger partial charge is 0.273 e. The van der Waals surface area contributed by atoms with Crippen LogP contribution in [0.15, 0.2) is 41.6 Å². The number of aromatic nitrogens is 2. The lowest BCUT2D eigenvalue weighted by Gasteiger charge is -2.16. The maximum Gasteiger partial charge on any atom is 0.243 e. The molecular formula is C15H21N3O2S. The number of hydrogen-bond donors (Lipinski definition) is 0. The minimum Gasteiger partial charge on any atom is -0.273 e. The Bertz CT molecular complexity index is 690. The zero-order valence-electron chi connectivity index (χ0n) is 12.7. The molecule has 0 spiro atoms. The van der Waals surface area contributed by atoms with Crippen molar-refractivity contribution in [3.63, 3.8) is 0 Å². The molecule has 5 nitrogen and oxygen atoms in total. The summed E-state index contributed by atoms with van der Waals surface area (Å²) in [7, 11) is -1.87. The average Bonchev–Trinajstić information content (AvgIpc) is 2.95. The van der Waals surface area contributed by atoms with E-state index in [0.717, 1.165) is 24.1 Å². The molecule has 6 heteroatoms. The van der Waals surface area contributed by atoms with Gasteiger partial charge in [0.15, 0.2) is 0 Å². The molecule has 0 saturated carbocycles. The number of sulfonamides is 1. The Hall–Kier alpha value is -1.66. The Labute approximate surface area is 126 Å². The van der Waals surface area contributed by atoms with Crippen molar-refractivity contribution in [2.24, 2.45) is 0 Å². The monoisotopic (exact) mass is 307 g/mol. The molecule has 0 aliphatic heterocycles. The number of nitrogens with zero attached hydrogens (tertiary/aromatic N) is 3. The average molecular weight is 307 g/mol. The zero-order valence-corrected chi connectivity index (χ0v) is 13.5. The van der Waals surface area contributed by atoms with Crippen molar-refractivity contribution in [1.82, 2.24) is 14.1 Å². The van der Waals surface area contributed by atoms with Gasteiger partial charge >= 0.3 is 0 Å². The molecular weight excluding hydrogens is 286 g/mol. The van der Waals surface area contributed by atoms with Crippen LogP contribution in [0.25, 0.3) is 0 Å². The van der Waals surface area contributed by atoms with Gasteiger partial charge in [-0.25, -0.2) is 8.42 Å². The third kappa shape index (κ3) is 3.51. The van der Waals surface area contributed by atoms with Crippen LogP contribution >= 0.6 is 0 Å². The third-order valence-corrected chi connectivity index (χ3v) is 5.27. The van der Waals surface area contributed by atoms with E-state index in [1.54, 1.807) is 30.1 Å². The SMILES string of the molecule is CCc1ccc(S(=O)(=O)N(C)Cc2cnn(CC)c2)cc1. The first-order chi connectivity index (χ1) is 9.97. The highest BCUT2D eigenvalue weighted by Gasteiger charge is 2.21. The summed E-state index contributed by atoms with van der Waals surface area (Å²) in [5.74, 6) is 0. The van der Waals surface area contributed by atoms with Crippen molar-refractivity contribution >= 4 is 10.0 Å². The molecule has 2 rings (SSSR count). The van der Waals surface area contributed by atoms with E-state index >= 15 is 0 Å². The Balaban J connectivity index is 2.17. The van der Waals surface area contributed by atoms with Crippen molar-refractivity contribution in [2.45, 2.75) is 38.3 Å². The van der Waals surface area contributed by atoms with Crippen LogP contribution < -0.4 is 0 Å². The predicted octanol–water partition coefficient (Wildman–Crippen LogP) is 2.29. The summed E-state index contributed by atoms with van der Waals surface area (Å²) in [4.78, 5) is 0.324. The fourth-order valence-corrected chi connectivity index (χ4v) is 3.24. The summed E-state index contributed by atoms with van der Waals surface area (Å²) >= 11 is 0. The van der Waals surface area contributed by atoms with E-state index in [1.807, 2.05) is 32.2 Å². The molecule has 0 saturated heterocycles. The maximum absolute atomic E-state index is 12.5. The second-order valence-corrected chi connectivity index (χ2v) is 7.01. The molecule has 1 heterocycles. The van der Waals surface area contributed by atoms with Crippen LogP contribution in [0.4, 0.5) is 0 Å². The number of aryl methyl sites for hydroxylation is 2. The van der Waals surface area contributed by atoms with Crippen molar-refractivity contribution in [2.75, 3.05) is 7.05 Å². The van der Waals surface area contributed by atoms with E-state index in [1.165, 1.54) is 4.31 Å². The first kappa shape index (κ1) is 15.7. The van der Waals surface area contributed by atoms with Crippen LogP contribution in [0.3, 0.4) is 0 Å². The van der Waals surface area contributed by atoms with Crippen LogP contribution in [0, 0.1) is 0 Å². The summed E-state index contributed by atoms with van der Waals surface area (Å²) in [6.07, 6.45) is 4.47. The van der Waals surface area contributed by atoms with Gasteiger partial charge in [-0.2, -0.15) is 9.40 Å². The van der Waals surface area contributed by atoms with Gasteiger partial charge in [0, 0.05) is 31.9 Å². The lowest BCUT2D eigenvalue weighted by molar-refractivity contribution is 0.466. The van der Waals surface area contributed by atoms with Crippen molar-refractivity contribution in [3.8, 4) is 0 Å². The number of hydrogen-bond acceptors (Lipinski definition) is 3. The summed E-state index contributed by atoms with van der Waals surface area (Å²) in [6, 6.07) is 7.05. The molecule has 0 aliphatic carbocycles. The summed E-state index contributed by atoms with van der Waals surface area (Å²) < 4.78 is 28.2. The van der Waals surface area contributed by atoms with Crippen LogP contribution in [0.5, 0.6) is 0 Å². The number of rotatable bonds is 6. The van der Waals surface area contributed by atoms with Crippen molar-refractivity contribution in [1.29, 1.82) is 0 Å². The molecule has 114 valence electrons. The Morgan fingerprint density at radius 3 is 2.33 bits per heavy atom. The van der Waals surface area contributed by atoms with E-state index in [-0.39, 0.29) is 0 Å². The molecule has 1 aromatic heterocycles. The summed E-state index contributed by atoms with van der Waals surface area (Å²) in [5.41, 5.74) is 2.01. The molecule has 0 aliphatic rings. The van der Waals surface area contributed by atoms with Gasteiger partial charge in [0.25, 0.3) is 0 Å². The predicted molar refractivity (Wildman–Crippen MR) is 82.4 cm³/mol. The lowest BCUT2D eigenvalue weighted by Crippen LogP contribution is -2.26. The molecule has 0 unspecified atom stereocenters. The molecule has 0 bridgehead atoms. The van der Waals surface area contributed by atoms with E-state index in [0.29, 0.717) is 11.4 Å². The third-order valence-electron chi connectivity index (χ3n) is 3.46. The van der Waals surface area contributed by atoms with E-state index in [9.17, 15) is 8.42 Å². The Morgan fingerprint density at radius 1 is 1.14 bits per heavy atom. The van der Waals surface area contributed by atoms with E-state index in [4.69, 9.17) is 0 Å². The van der Waals surface area contributed by atoms with Crippen LogP contribution in [0.2, 0.25) is 0 Å². The standard InChI is InChI=1S/C15H21N3O2S/c1-4-13-6-8-15(9-7-13)21(19,20)17(3)11-14-10-16-18(5-2)12-14/h6-10,12H,4-5,11H2,1-3H3. The molecule has 0 fully saturated rings. The normalized spacial score (nSPS) is 12.0. The van der Waals surface area contributed by atoms with Gasteiger partial charge in [-0.3, -0.25) is 4.68 Å². The maximum atomic E-state index is 12.5. The first-order valence-corrected chi connectivity index (χ1v) is 8.48. The molecule has 0 atom stereocenters. The molecule has 0 radical (unpaired) electrons. The highest BCUT2D eigenvalue weighted by molar-refractivity contribution is 7.89. The Morgan fingerprint density at radius 2 is 1.81 bits per heavy atom. The van der Waals surface area contributed by atoms with Gasteiger partial charge in [0.2, 0.25) is 10.0 Å². The summed E-state index contributed by atoms with van der Waals surface area (Å²) in [6.45, 7) is 5.13. The van der Waals surface area contributed by atoms with Crippen LogP contribution in [-0.2, 0) is 29.5 Å². The van der Waals surface area contributed by atoms with Gasteiger partial charge in [-0.15, -0.1) is 0 Å². The smallest absolute Gasteiger partial charge is 0.243 e. The highest BCUT2D eigenvalue weighted by Crippen LogP contribution is 2.17. The lowest BCUT2D eigenvalue weighted by atomic mass is 10.2. The molecule has 0 N–H and O–H groups in total. The van der Waals surface area contributed by atoms with Gasteiger partial charge in [0.1, 0.15) is 0 Å². The molecule has 0 amide bonds. The second kappa shape index (κ2) is 6.41. The van der Waals surface area contributed by atoms with Gasteiger partial charge < -0.3 is 0 Å². The fourth-order valence-electron chi connectivity index (χ4n) is 2.08. The molecule has 2 aromatic rings. The molecule has 1 aromatic carbocycles. The zero-order chi connectivity index (χ0) is 15.5. The van der Waals surface area contributed by atoms with Crippen molar-refractivity contribution in [3.05, 3.63) is 47.8 Å². The minimum absolute atomic E-state index is 0.317. The van der Waals surface area contributed by atoms with Crippen molar-refractivity contribution < 1.29 is 8.42 Å². The van der Waals surface area contributed by atoms with Gasteiger partial charge in [-0.1, -0.05) is 19.1 Å². The van der Waals surface area contributed by atoms with Crippen LogP contribution in [0.1, 0.15) is 25.0 Å². The number of benzene rings is 1. The fraction of sp³-hybridized carbons (Fsp3) is 0.400.